The van der Waals surface area contributed by atoms with Gasteiger partial charge >= 0.3 is 0 Å². The van der Waals surface area contributed by atoms with E-state index in [0.717, 1.165) is 28.8 Å². The van der Waals surface area contributed by atoms with Crippen molar-refractivity contribution in [2.24, 2.45) is 17.1 Å². The number of carbonyl (C=O) groups is 2. The van der Waals surface area contributed by atoms with Crippen molar-refractivity contribution < 1.29 is 23.5 Å². The standard InChI is InChI=1S/C30H40F2N4O3S/c1-5-7-36(8-6-2)28(38)22-9-19(3)14-30(15-22,29(33)39)26(12-21-10-23(31)13-24(32)11-21)27(37)18-34-16-25-17-35-20(4)40-25/h9-11,13-14,17,26-27,34,37H,5-8,12,15-16,18H2,1-4H3,(H2,33,39)/t26-,27+,30?/m1/s1. The van der Waals surface area contributed by atoms with Crippen LogP contribution in [0.4, 0.5) is 8.78 Å². The summed E-state index contributed by atoms with van der Waals surface area (Å²) in [5.74, 6) is -3.27. The van der Waals surface area contributed by atoms with E-state index in [2.05, 4.69) is 10.3 Å². The van der Waals surface area contributed by atoms with Gasteiger partial charge in [0.25, 0.3) is 0 Å². The van der Waals surface area contributed by atoms with E-state index in [1.165, 1.54) is 23.5 Å². The number of aromatic nitrogens is 1. The largest absolute Gasteiger partial charge is 0.391 e. The summed E-state index contributed by atoms with van der Waals surface area (Å²) in [5, 5.41) is 15.7. The van der Waals surface area contributed by atoms with Gasteiger partial charge in [-0.2, -0.15) is 0 Å². The fraction of sp³-hybridized carbons (Fsp3) is 0.500. The molecule has 7 nitrogen and oxygen atoms in total. The van der Waals surface area contributed by atoms with E-state index >= 15 is 0 Å². The maximum atomic E-state index is 14.1. The van der Waals surface area contributed by atoms with Gasteiger partial charge in [0.05, 0.1) is 16.5 Å². The molecule has 1 unspecified atom stereocenters. The molecular weight excluding hydrogens is 534 g/mol. The van der Waals surface area contributed by atoms with Crippen LogP contribution in [-0.2, 0) is 22.6 Å². The lowest BCUT2D eigenvalue weighted by molar-refractivity contribution is -0.132. The van der Waals surface area contributed by atoms with Crippen LogP contribution < -0.4 is 11.1 Å². The van der Waals surface area contributed by atoms with Gasteiger partial charge in [-0.25, -0.2) is 13.8 Å². The Balaban J connectivity index is 1.98. The summed E-state index contributed by atoms with van der Waals surface area (Å²) in [7, 11) is 0. The van der Waals surface area contributed by atoms with Crippen molar-refractivity contribution in [2.75, 3.05) is 19.6 Å². The molecule has 3 rings (SSSR count). The summed E-state index contributed by atoms with van der Waals surface area (Å²) in [4.78, 5) is 33.9. The van der Waals surface area contributed by atoms with Gasteiger partial charge in [-0.05, 0) is 57.2 Å². The number of nitrogens with two attached hydrogens (primary N) is 1. The minimum Gasteiger partial charge on any atom is -0.391 e. The predicted molar refractivity (Wildman–Crippen MR) is 153 cm³/mol. The first-order chi connectivity index (χ1) is 19.0. The second kappa shape index (κ2) is 14.1. The Labute approximate surface area is 239 Å². The number of thiazole rings is 1. The molecule has 0 saturated carbocycles. The number of aliphatic hydroxyl groups is 1. The van der Waals surface area contributed by atoms with Gasteiger partial charge in [0.1, 0.15) is 11.6 Å². The zero-order chi connectivity index (χ0) is 29.4. The summed E-state index contributed by atoms with van der Waals surface area (Å²) in [6.45, 7) is 9.37. The van der Waals surface area contributed by atoms with Crippen LogP contribution in [0.1, 0.15) is 55.5 Å². The lowest BCUT2D eigenvalue weighted by atomic mass is 9.63. The third-order valence-corrected chi connectivity index (χ3v) is 8.12. The number of nitrogens with zero attached hydrogens (tertiary/aromatic N) is 2. The monoisotopic (exact) mass is 574 g/mol. The summed E-state index contributed by atoms with van der Waals surface area (Å²) < 4.78 is 28.3. The van der Waals surface area contributed by atoms with Crippen molar-refractivity contribution in [3.8, 4) is 0 Å². The Morgan fingerprint density at radius 3 is 2.38 bits per heavy atom. The number of rotatable bonds is 14. The maximum Gasteiger partial charge on any atom is 0.249 e. The highest BCUT2D eigenvalue weighted by Gasteiger charge is 2.48. The number of halogens is 2. The Bertz CT molecular complexity index is 1240. The van der Waals surface area contributed by atoms with Gasteiger partial charge < -0.3 is 21.1 Å². The van der Waals surface area contributed by atoms with Crippen LogP contribution in [0, 0.1) is 29.9 Å². The van der Waals surface area contributed by atoms with E-state index in [0.29, 0.717) is 30.8 Å². The number of hydrogen-bond donors (Lipinski definition) is 3. The van der Waals surface area contributed by atoms with Crippen molar-refractivity contribution in [3.05, 3.63) is 74.8 Å². The molecule has 0 spiro atoms. The summed E-state index contributed by atoms with van der Waals surface area (Å²) >= 11 is 1.53. The quantitative estimate of drug-likeness (QED) is 0.309. The van der Waals surface area contributed by atoms with Gasteiger partial charge in [0, 0.05) is 54.8 Å². The Hall–Kier alpha value is -2.95. The molecule has 0 radical (unpaired) electrons. The van der Waals surface area contributed by atoms with Gasteiger partial charge in [0.15, 0.2) is 0 Å². The normalized spacial score (nSPS) is 18.6. The molecule has 0 fully saturated rings. The number of aryl methyl sites for hydroxylation is 1. The lowest BCUT2D eigenvalue weighted by Crippen LogP contribution is -2.51. The Morgan fingerprint density at radius 2 is 1.82 bits per heavy atom. The number of benzene rings is 1. The third kappa shape index (κ3) is 7.83. The molecule has 2 amide bonds. The number of nitrogens with one attached hydrogen (secondary N) is 1. The molecule has 2 aromatic rings. The zero-order valence-corrected chi connectivity index (χ0v) is 24.5. The second-order valence-corrected chi connectivity index (χ2v) is 11.9. The van der Waals surface area contributed by atoms with Crippen LogP contribution in [0.3, 0.4) is 0 Å². The molecule has 0 aliphatic heterocycles. The van der Waals surface area contributed by atoms with Crippen molar-refractivity contribution in [1.29, 1.82) is 0 Å². The van der Waals surface area contributed by atoms with E-state index in [1.54, 1.807) is 30.2 Å². The molecule has 10 heteroatoms. The number of aliphatic hydroxyl groups excluding tert-OH is 1. The Kier molecular flexibility index (Phi) is 11.1. The second-order valence-electron chi connectivity index (χ2n) is 10.6. The zero-order valence-electron chi connectivity index (χ0n) is 23.7. The van der Waals surface area contributed by atoms with Crippen molar-refractivity contribution in [1.82, 2.24) is 15.2 Å². The summed E-state index contributed by atoms with van der Waals surface area (Å²) in [5.41, 5.74) is 5.99. The van der Waals surface area contributed by atoms with Crippen LogP contribution in [-0.4, -0.2) is 52.5 Å². The van der Waals surface area contributed by atoms with Crippen LogP contribution >= 0.6 is 11.3 Å². The molecule has 1 aliphatic rings. The molecule has 40 heavy (non-hydrogen) atoms. The van der Waals surface area contributed by atoms with E-state index in [-0.39, 0.29) is 30.9 Å². The van der Waals surface area contributed by atoms with Crippen molar-refractivity contribution >= 4 is 23.2 Å². The molecule has 0 bridgehead atoms. The summed E-state index contributed by atoms with van der Waals surface area (Å²) in [6.07, 6.45) is 5.61. The third-order valence-electron chi connectivity index (χ3n) is 7.20. The highest BCUT2D eigenvalue weighted by Crippen LogP contribution is 2.44. The lowest BCUT2D eigenvalue weighted by Gasteiger charge is -2.42. The van der Waals surface area contributed by atoms with Gasteiger partial charge in [0.2, 0.25) is 11.8 Å². The molecule has 1 aliphatic carbocycles. The summed E-state index contributed by atoms with van der Waals surface area (Å²) in [6, 6.07) is 3.16. The molecule has 218 valence electrons. The fourth-order valence-electron chi connectivity index (χ4n) is 5.53. The number of hydrogen-bond acceptors (Lipinski definition) is 6. The average Bonchev–Trinajstić information content (AvgIpc) is 3.30. The predicted octanol–water partition coefficient (Wildman–Crippen LogP) is 4.44. The first-order valence-electron chi connectivity index (χ1n) is 13.7. The Morgan fingerprint density at radius 1 is 1.18 bits per heavy atom. The van der Waals surface area contributed by atoms with Gasteiger partial charge in [-0.1, -0.05) is 31.6 Å². The van der Waals surface area contributed by atoms with Crippen LogP contribution in [0.25, 0.3) is 0 Å². The van der Waals surface area contributed by atoms with E-state index < -0.39 is 35.0 Å². The van der Waals surface area contributed by atoms with Crippen molar-refractivity contribution in [3.63, 3.8) is 0 Å². The first kappa shape index (κ1) is 31.6. The van der Waals surface area contributed by atoms with Gasteiger partial charge in [-0.15, -0.1) is 11.3 Å². The average molecular weight is 575 g/mol. The van der Waals surface area contributed by atoms with Gasteiger partial charge in [-0.3, -0.25) is 9.59 Å². The maximum absolute atomic E-state index is 14.1. The van der Waals surface area contributed by atoms with E-state index in [9.17, 15) is 23.5 Å². The van der Waals surface area contributed by atoms with Crippen LogP contribution in [0.5, 0.6) is 0 Å². The van der Waals surface area contributed by atoms with Crippen molar-refractivity contribution in [2.45, 2.75) is 66.0 Å². The minimum absolute atomic E-state index is 0.0179. The first-order valence-corrected chi connectivity index (χ1v) is 14.5. The van der Waals surface area contributed by atoms with Crippen LogP contribution in [0.15, 0.2) is 47.7 Å². The molecule has 0 saturated heterocycles. The van der Waals surface area contributed by atoms with E-state index in [1.807, 2.05) is 20.8 Å². The molecular formula is C30H40F2N4O3S. The fourth-order valence-corrected chi connectivity index (χ4v) is 6.30. The highest BCUT2D eigenvalue weighted by molar-refractivity contribution is 7.11. The SMILES string of the molecule is CCCN(CCC)C(=O)C1=CC(C)=CC(C(N)=O)([C@H](Cc2cc(F)cc(F)c2)[C@@H](O)CNCc2cnc(C)s2)C1. The number of carbonyl (C=O) groups excluding carboxylic acids is 2. The smallest absolute Gasteiger partial charge is 0.249 e. The minimum atomic E-state index is -1.46. The molecule has 1 aromatic carbocycles. The molecule has 4 N–H and O–H groups in total. The number of primary amides is 1. The topological polar surface area (TPSA) is 109 Å². The van der Waals surface area contributed by atoms with Crippen LogP contribution in [0.2, 0.25) is 0 Å². The number of allylic oxidation sites excluding steroid dienone is 2. The van der Waals surface area contributed by atoms with E-state index in [4.69, 9.17) is 5.73 Å². The molecule has 1 aromatic heterocycles. The number of amides is 2. The molecule has 1 heterocycles. The highest BCUT2D eigenvalue weighted by atomic mass is 32.1. The molecule has 3 atom stereocenters.